The number of nitro benzene ring substituents is 1. The SMILES string of the molecule is CC(C)(C)C(=O)ON1CCN(c2cccc(NCc3ccccc3)c2[N+](=O)[O-])CC1. The maximum Gasteiger partial charge on any atom is 0.330 e. The second kappa shape index (κ2) is 9.13. The topological polar surface area (TPSA) is 88.0 Å². The van der Waals surface area contributed by atoms with Gasteiger partial charge in [0.15, 0.2) is 0 Å². The zero-order valence-electron chi connectivity index (χ0n) is 17.6. The predicted molar refractivity (Wildman–Crippen MR) is 116 cm³/mol. The number of rotatable bonds is 6. The number of hydroxylamine groups is 2. The summed E-state index contributed by atoms with van der Waals surface area (Å²) in [5, 5.41) is 16.7. The van der Waals surface area contributed by atoms with Gasteiger partial charge in [-0.15, -0.1) is 5.06 Å². The summed E-state index contributed by atoms with van der Waals surface area (Å²) in [6, 6.07) is 15.1. The molecule has 0 radical (unpaired) electrons. The van der Waals surface area contributed by atoms with Crippen LogP contribution < -0.4 is 10.2 Å². The molecule has 2 aromatic rings. The minimum absolute atomic E-state index is 0.0635. The van der Waals surface area contributed by atoms with Crippen LogP contribution in [0.1, 0.15) is 26.3 Å². The normalized spacial score (nSPS) is 15.0. The van der Waals surface area contributed by atoms with Gasteiger partial charge in [0.25, 0.3) is 0 Å². The molecule has 1 aliphatic heterocycles. The van der Waals surface area contributed by atoms with Crippen molar-refractivity contribution in [3.63, 3.8) is 0 Å². The zero-order chi connectivity index (χ0) is 21.7. The monoisotopic (exact) mass is 412 g/mol. The van der Waals surface area contributed by atoms with Crippen LogP contribution in [0.15, 0.2) is 48.5 Å². The fourth-order valence-corrected chi connectivity index (χ4v) is 3.19. The first-order chi connectivity index (χ1) is 14.3. The molecule has 0 aliphatic carbocycles. The third kappa shape index (κ3) is 5.27. The molecule has 8 heteroatoms. The molecule has 0 aromatic heterocycles. The third-order valence-electron chi connectivity index (χ3n) is 4.93. The highest BCUT2D eigenvalue weighted by Gasteiger charge is 2.30. The fourth-order valence-electron chi connectivity index (χ4n) is 3.19. The van der Waals surface area contributed by atoms with Crippen LogP contribution in [0.25, 0.3) is 0 Å². The summed E-state index contributed by atoms with van der Waals surface area (Å²) in [6.07, 6.45) is 0. The summed E-state index contributed by atoms with van der Waals surface area (Å²) in [4.78, 5) is 31.0. The molecule has 8 nitrogen and oxygen atoms in total. The van der Waals surface area contributed by atoms with Crippen LogP contribution in [0.2, 0.25) is 0 Å². The molecule has 2 aromatic carbocycles. The summed E-state index contributed by atoms with van der Waals surface area (Å²) >= 11 is 0. The van der Waals surface area contributed by atoms with Gasteiger partial charge >= 0.3 is 11.7 Å². The number of para-hydroxylation sites is 1. The van der Waals surface area contributed by atoms with Crippen molar-refractivity contribution in [1.82, 2.24) is 5.06 Å². The Morgan fingerprint density at radius 1 is 1.07 bits per heavy atom. The lowest BCUT2D eigenvalue weighted by atomic mass is 9.98. The van der Waals surface area contributed by atoms with Crippen LogP contribution in [0, 0.1) is 15.5 Å². The van der Waals surface area contributed by atoms with E-state index in [1.807, 2.05) is 62.1 Å². The zero-order valence-corrected chi connectivity index (χ0v) is 17.6. The first-order valence-electron chi connectivity index (χ1n) is 10.0. The summed E-state index contributed by atoms with van der Waals surface area (Å²) < 4.78 is 0. The van der Waals surface area contributed by atoms with Gasteiger partial charge in [-0.3, -0.25) is 10.1 Å². The Balaban J connectivity index is 1.70. The molecule has 0 amide bonds. The molecule has 30 heavy (non-hydrogen) atoms. The highest BCUT2D eigenvalue weighted by molar-refractivity contribution is 5.77. The number of nitro groups is 1. The van der Waals surface area contributed by atoms with Crippen molar-refractivity contribution in [3.8, 4) is 0 Å². The van der Waals surface area contributed by atoms with E-state index in [-0.39, 0.29) is 16.6 Å². The average Bonchev–Trinajstić information content (AvgIpc) is 2.72. The molecular weight excluding hydrogens is 384 g/mol. The first kappa shape index (κ1) is 21.6. The lowest BCUT2D eigenvalue weighted by Crippen LogP contribution is -2.48. The van der Waals surface area contributed by atoms with Crippen molar-refractivity contribution in [3.05, 3.63) is 64.2 Å². The minimum Gasteiger partial charge on any atom is -0.375 e. The van der Waals surface area contributed by atoms with Gasteiger partial charge in [0, 0.05) is 19.6 Å². The van der Waals surface area contributed by atoms with Crippen LogP contribution >= 0.6 is 0 Å². The molecule has 0 bridgehead atoms. The highest BCUT2D eigenvalue weighted by atomic mass is 16.7. The van der Waals surface area contributed by atoms with E-state index in [0.717, 1.165) is 5.56 Å². The first-order valence-corrected chi connectivity index (χ1v) is 10.0. The number of anilines is 2. The quantitative estimate of drug-likeness (QED) is 0.570. The highest BCUT2D eigenvalue weighted by Crippen LogP contribution is 2.36. The molecule has 1 N–H and O–H groups in total. The predicted octanol–water partition coefficient (Wildman–Crippen LogP) is 3.83. The van der Waals surface area contributed by atoms with Crippen LogP contribution in [0.3, 0.4) is 0 Å². The van der Waals surface area contributed by atoms with Crippen molar-refractivity contribution >= 4 is 23.0 Å². The number of hydrogen-bond donors (Lipinski definition) is 1. The third-order valence-corrected chi connectivity index (χ3v) is 4.93. The summed E-state index contributed by atoms with van der Waals surface area (Å²) in [7, 11) is 0. The molecule has 0 saturated carbocycles. The maximum absolute atomic E-state index is 12.1. The molecule has 3 rings (SSSR count). The Morgan fingerprint density at radius 2 is 1.73 bits per heavy atom. The van der Waals surface area contributed by atoms with E-state index in [4.69, 9.17) is 4.84 Å². The van der Waals surface area contributed by atoms with Gasteiger partial charge in [0.2, 0.25) is 0 Å². The Kier molecular flexibility index (Phi) is 6.56. The van der Waals surface area contributed by atoms with Gasteiger partial charge in [-0.05, 0) is 38.5 Å². The Hall–Kier alpha value is -3.13. The summed E-state index contributed by atoms with van der Waals surface area (Å²) in [5.74, 6) is -0.283. The van der Waals surface area contributed by atoms with E-state index < -0.39 is 5.41 Å². The number of piperazine rings is 1. The van der Waals surface area contributed by atoms with E-state index in [1.54, 1.807) is 17.2 Å². The van der Waals surface area contributed by atoms with Gasteiger partial charge in [-0.2, -0.15) is 0 Å². The van der Waals surface area contributed by atoms with Crippen molar-refractivity contribution in [2.24, 2.45) is 5.41 Å². The molecule has 1 aliphatic rings. The average molecular weight is 412 g/mol. The second-order valence-corrected chi connectivity index (χ2v) is 8.31. The number of carbonyl (C=O) groups is 1. The van der Waals surface area contributed by atoms with E-state index in [0.29, 0.717) is 44.1 Å². The molecule has 0 atom stereocenters. The summed E-state index contributed by atoms with van der Waals surface area (Å²) in [6.45, 7) is 7.96. The number of hydrogen-bond acceptors (Lipinski definition) is 7. The molecule has 1 saturated heterocycles. The fraction of sp³-hybridized carbons (Fsp3) is 0.409. The molecule has 160 valence electrons. The van der Waals surface area contributed by atoms with Crippen LogP contribution in [0.4, 0.5) is 17.1 Å². The standard InChI is InChI=1S/C22H28N4O4/c1-22(2,3)21(27)30-25-14-12-24(13-15-25)19-11-7-10-18(20(19)26(28)29)23-16-17-8-5-4-6-9-17/h4-11,23H,12-16H2,1-3H3. The van der Waals surface area contributed by atoms with Crippen LogP contribution in [-0.2, 0) is 16.2 Å². The second-order valence-electron chi connectivity index (χ2n) is 8.31. The lowest BCUT2D eigenvalue weighted by Gasteiger charge is -2.35. The van der Waals surface area contributed by atoms with Crippen molar-refractivity contribution < 1.29 is 14.6 Å². The Bertz CT molecular complexity index is 888. The van der Waals surface area contributed by atoms with E-state index >= 15 is 0 Å². The van der Waals surface area contributed by atoms with Crippen LogP contribution in [-0.4, -0.2) is 42.1 Å². The molecular formula is C22H28N4O4. The minimum atomic E-state index is -0.575. The number of nitrogens with one attached hydrogen (secondary N) is 1. The lowest BCUT2D eigenvalue weighted by molar-refractivity contribution is -0.383. The molecule has 0 unspecified atom stereocenters. The van der Waals surface area contributed by atoms with Gasteiger partial charge in [-0.1, -0.05) is 36.4 Å². The molecule has 1 fully saturated rings. The molecule has 1 heterocycles. The molecule has 0 spiro atoms. The van der Waals surface area contributed by atoms with E-state index in [2.05, 4.69) is 5.32 Å². The Morgan fingerprint density at radius 3 is 2.33 bits per heavy atom. The smallest absolute Gasteiger partial charge is 0.330 e. The van der Waals surface area contributed by atoms with Crippen molar-refractivity contribution in [2.45, 2.75) is 27.3 Å². The Labute approximate surface area is 176 Å². The van der Waals surface area contributed by atoms with E-state index in [9.17, 15) is 14.9 Å². The summed E-state index contributed by atoms with van der Waals surface area (Å²) in [5.41, 5.74) is 1.59. The maximum atomic E-state index is 12.1. The number of carbonyl (C=O) groups excluding carboxylic acids is 1. The number of benzene rings is 2. The van der Waals surface area contributed by atoms with Gasteiger partial charge in [0.05, 0.1) is 23.4 Å². The van der Waals surface area contributed by atoms with Gasteiger partial charge in [-0.25, -0.2) is 4.79 Å². The van der Waals surface area contributed by atoms with E-state index in [1.165, 1.54) is 0 Å². The van der Waals surface area contributed by atoms with Crippen molar-refractivity contribution in [1.29, 1.82) is 0 Å². The number of nitrogens with zero attached hydrogens (tertiary/aromatic N) is 3. The van der Waals surface area contributed by atoms with Gasteiger partial charge in [0.1, 0.15) is 11.4 Å². The largest absolute Gasteiger partial charge is 0.375 e. The van der Waals surface area contributed by atoms with Gasteiger partial charge < -0.3 is 15.1 Å². The van der Waals surface area contributed by atoms with Crippen LogP contribution in [0.5, 0.6) is 0 Å². The van der Waals surface area contributed by atoms with Crippen molar-refractivity contribution in [2.75, 3.05) is 36.4 Å².